The van der Waals surface area contributed by atoms with Crippen molar-refractivity contribution in [3.8, 4) is 11.8 Å². The third-order valence-electron chi connectivity index (χ3n) is 5.85. The second-order valence-electron chi connectivity index (χ2n) is 7.56. The molecule has 1 amide bonds. The molecule has 2 saturated heterocycles. The van der Waals surface area contributed by atoms with Gasteiger partial charge in [0.25, 0.3) is 11.8 Å². The van der Waals surface area contributed by atoms with Gasteiger partial charge in [0.15, 0.2) is 0 Å². The summed E-state index contributed by atoms with van der Waals surface area (Å²) in [7, 11) is 1.54. The fraction of sp³-hybridized carbons (Fsp3) is 0.500. The van der Waals surface area contributed by atoms with E-state index in [2.05, 4.69) is 22.1 Å². The molecule has 2 fully saturated rings. The zero-order valence-electron chi connectivity index (χ0n) is 16.8. The zero-order chi connectivity index (χ0) is 20.1. The molecule has 0 spiro atoms. The van der Waals surface area contributed by atoms with Crippen LogP contribution in [0, 0.1) is 0 Å². The lowest BCUT2D eigenvalue weighted by molar-refractivity contribution is -0.144. The molecular weight excluding hydrogens is 370 g/mol. The molecule has 0 bridgehead atoms. The zero-order valence-corrected chi connectivity index (χ0v) is 16.8. The summed E-state index contributed by atoms with van der Waals surface area (Å²) in [5.41, 5.74) is 0.554. The first-order valence-corrected chi connectivity index (χ1v) is 10.2. The summed E-state index contributed by atoms with van der Waals surface area (Å²) in [6.45, 7) is 2.48. The van der Waals surface area contributed by atoms with Crippen LogP contribution < -0.4 is 9.47 Å². The Morgan fingerprint density at radius 1 is 1.14 bits per heavy atom. The molecule has 7 nitrogen and oxygen atoms in total. The van der Waals surface area contributed by atoms with Gasteiger partial charge in [0.2, 0.25) is 5.91 Å². The fourth-order valence-corrected chi connectivity index (χ4v) is 4.32. The SMILES string of the molecule is COc1nccnc1OC1CCCN(C(=O)C2(c3ccccc3)CCOCC2)C1. The first-order chi connectivity index (χ1) is 14.2. The predicted octanol–water partition coefficient (Wildman–Crippen LogP) is 2.60. The van der Waals surface area contributed by atoms with Crippen molar-refractivity contribution in [3.05, 3.63) is 48.3 Å². The van der Waals surface area contributed by atoms with E-state index in [1.54, 1.807) is 19.5 Å². The second kappa shape index (κ2) is 8.78. The molecule has 29 heavy (non-hydrogen) atoms. The molecule has 3 heterocycles. The Labute approximate surface area is 171 Å². The van der Waals surface area contributed by atoms with Gasteiger partial charge in [-0.15, -0.1) is 0 Å². The minimum Gasteiger partial charge on any atom is -0.477 e. The van der Waals surface area contributed by atoms with Crippen molar-refractivity contribution in [1.82, 2.24) is 14.9 Å². The average Bonchev–Trinajstić information content (AvgIpc) is 2.80. The van der Waals surface area contributed by atoms with Crippen molar-refractivity contribution in [3.63, 3.8) is 0 Å². The van der Waals surface area contributed by atoms with Crippen LogP contribution in [0.15, 0.2) is 42.7 Å². The van der Waals surface area contributed by atoms with E-state index in [9.17, 15) is 4.79 Å². The van der Waals surface area contributed by atoms with Crippen LogP contribution in [-0.2, 0) is 14.9 Å². The number of aromatic nitrogens is 2. The molecule has 2 aliphatic heterocycles. The van der Waals surface area contributed by atoms with Gasteiger partial charge in [-0.2, -0.15) is 0 Å². The number of carbonyl (C=O) groups excluding carboxylic acids is 1. The Hall–Kier alpha value is -2.67. The summed E-state index contributed by atoms with van der Waals surface area (Å²) in [5.74, 6) is 0.908. The normalized spacial score (nSPS) is 21.4. The molecule has 154 valence electrons. The summed E-state index contributed by atoms with van der Waals surface area (Å²) < 4.78 is 16.9. The van der Waals surface area contributed by atoms with Gasteiger partial charge < -0.3 is 19.1 Å². The Bertz CT molecular complexity index is 824. The minimum atomic E-state index is -0.522. The van der Waals surface area contributed by atoms with Gasteiger partial charge in [0.1, 0.15) is 6.10 Å². The molecule has 0 radical (unpaired) electrons. The van der Waals surface area contributed by atoms with E-state index in [0.29, 0.717) is 44.4 Å². The summed E-state index contributed by atoms with van der Waals surface area (Å²) >= 11 is 0. The molecule has 1 aromatic heterocycles. The van der Waals surface area contributed by atoms with E-state index >= 15 is 0 Å². The van der Waals surface area contributed by atoms with Crippen LogP contribution in [0.1, 0.15) is 31.2 Å². The van der Waals surface area contributed by atoms with Crippen LogP contribution in [0.25, 0.3) is 0 Å². The quantitative estimate of drug-likeness (QED) is 0.772. The minimum absolute atomic E-state index is 0.133. The van der Waals surface area contributed by atoms with Crippen LogP contribution in [0.5, 0.6) is 11.8 Å². The Morgan fingerprint density at radius 3 is 2.59 bits per heavy atom. The first kappa shape index (κ1) is 19.6. The number of carbonyl (C=O) groups is 1. The molecule has 0 N–H and O–H groups in total. The molecule has 1 unspecified atom stereocenters. The highest BCUT2D eigenvalue weighted by atomic mass is 16.5. The Kier molecular flexibility index (Phi) is 5.94. The van der Waals surface area contributed by atoms with Crippen LogP contribution in [0.4, 0.5) is 0 Å². The highest BCUT2D eigenvalue weighted by molar-refractivity contribution is 5.88. The van der Waals surface area contributed by atoms with Crippen molar-refractivity contribution in [2.45, 2.75) is 37.2 Å². The van der Waals surface area contributed by atoms with Crippen molar-refractivity contribution in [2.24, 2.45) is 0 Å². The standard InChI is InChI=1S/C22H27N3O4/c1-27-19-20(24-12-11-23-19)29-18-8-5-13-25(16-18)21(26)22(9-14-28-15-10-22)17-6-3-2-4-7-17/h2-4,6-7,11-12,18H,5,8-10,13-16H2,1H3. The lowest BCUT2D eigenvalue weighted by Crippen LogP contribution is -2.54. The summed E-state index contributed by atoms with van der Waals surface area (Å²) in [6, 6.07) is 10.1. The molecular formula is C22H27N3O4. The number of nitrogens with zero attached hydrogens (tertiary/aromatic N) is 3. The van der Waals surface area contributed by atoms with Crippen molar-refractivity contribution in [1.29, 1.82) is 0 Å². The average molecular weight is 397 g/mol. The third kappa shape index (κ3) is 4.05. The van der Waals surface area contributed by atoms with Crippen molar-refractivity contribution >= 4 is 5.91 Å². The summed E-state index contributed by atoms with van der Waals surface area (Å²) in [5, 5.41) is 0. The van der Waals surface area contributed by atoms with E-state index in [1.165, 1.54) is 0 Å². The lowest BCUT2D eigenvalue weighted by atomic mass is 9.72. The maximum Gasteiger partial charge on any atom is 0.278 e. The number of hydrogen-bond donors (Lipinski definition) is 0. The van der Waals surface area contributed by atoms with Gasteiger partial charge in [0.05, 0.1) is 19.1 Å². The molecule has 2 aromatic rings. The van der Waals surface area contributed by atoms with E-state index in [4.69, 9.17) is 14.2 Å². The van der Waals surface area contributed by atoms with Crippen molar-refractivity contribution < 1.29 is 19.0 Å². The molecule has 0 aliphatic carbocycles. The summed E-state index contributed by atoms with van der Waals surface area (Å²) in [6.07, 6.45) is 6.18. The Morgan fingerprint density at radius 2 is 1.86 bits per heavy atom. The van der Waals surface area contributed by atoms with Crippen LogP contribution >= 0.6 is 0 Å². The van der Waals surface area contributed by atoms with E-state index in [1.807, 2.05) is 23.1 Å². The smallest absolute Gasteiger partial charge is 0.278 e. The van der Waals surface area contributed by atoms with Gasteiger partial charge in [-0.05, 0) is 31.2 Å². The van der Waals surface area contributed by atoms with Gasteiger partial charge >= 0.3 is 0 Å². The maximum absolute atomic E-state index is 13.8. The molecule has 7 heteroatoms. The van der Waals surface area contributed by atoms with Gasteiger partial charge in [0, 0.05) is 32.2 Å². The van der Waals surface area contributed by atoms with Gasteiger partial charge in [-0.25, -0.2) is 9.97 Å². The second-order valence-corrected chi connectivity index (χ2v) is 7.56. The van der Waals surface area contributed by atoms with Crippen LogP contribution in [-0.4, -0.2) is 60.3 Å². The number of amides is 1. The molecule has 4 rings (SSSR count). The predicted molar refractivity (Wildman–Crippen MR) is 107 cm³/mol. The molecule has 0 saturated carbocycles. The maximum atomic E-state index is 13.8. The van der Waals surface area contributed by atoms with Crippen LogP contribution in [0.3, 0.4) is 0 Å². The molecule has 2 aliphatic rings. The molecule has 1 aromatic carbocycles. The van der Waals surface area contributed by atoms with E-state index < -0.39 is 5.41 Å². The van der Waals surface area contributed by atoms with E-state index in [-0.39, 0.29) is 12.0 Å². The van der Waals surface area contributed by atoms with Crippen LogP contribution in [0.2, 0.25) is 0 Å². The third-order valence-corrected chi connectivity index (χ3v) is 5.85. The topological polar surface area (TPSA) is 73.8 Å². The monoisotopic (exact) mass is 397 g/mol. The van der Waals surface area contributed by atoms with Crippen molar-refractivity contribution in [2.75, 3.05) is 33.4 Å². The number of piperidine rings is 1. The lowest BCUT2D eigenvalue weighted by Gasteiger charge is -2.42. The Balaban J connectivity index is 1.53. The number of likely N-dealkylation sites (tertiary alicyclic amines) is 1. The summed E-state index contributed by atoms with van der Waals surface area (Å²) in [4.78, 5) is 24.1. The largest absolute Gasteiger partial charge is 0.477 e. The number of benzene rings is 1. The number of methoxy groups -OCH3 is 1. The number of rotatable bonds is 5. The van der Waals surface area contributed by atoms with E-state index in [0.717, 1.165) is 24.9 Å². The van der Waals surface area contributed by atoms with Gasteiger partial charge in [-0.1, -0.05) is 30.3 Å². The molecule has 1 atom stereocenters. The first-order valence-electron chi connectivity index (χ1n) is 10.2. The number of ether oxygens (including phenoxy) is 3. The fourth-order valence-electron chi connectivity index (χ4n) is 4.32. The van der Waals surface area contributed by atoms with Gasteiger partial charge in [-0.3, -0.25) is 4.79 Å². The highest BCUT2D eigenvalue weighted by Gasteiger charge is 2.45. The number of hydrogen-bond acceptors (Lipinski definition) is 6. The highest BCUT2D eigenvalue weighted by Crippen LogP contribution is 2.37.